The molecule has 0 radical (unpaired) electrons. The van der Waals surface area contributed by atoms with Crippen LogP contribution in [0, 0.1) is 6.92 Å². The first kappa shape index (κ1) is 14.3. The van der Waals surface area contributed by atoms with E-state index in [-0.39, 0.29) is 5.25 Å². The Kier molecular flexibility index (Phi) is 3.16. The molecule has 0 spiro atoms. The van der Waals surface area contributed by atoms with Gasteiger partial charge in [-0.1, -0.05) is 12.1 Å². The predicted molar refractivity (Wildman–Crippen MR) is 90.9 cm³/mol. The minimum Gasteiger partial charge on any atom is -0.306 e. The first-order valence-corrected chi connectivity index (χ1v) is 9.13. The van der Waals surface area contributed by atoms with Crippen molar-refractivity contribution in [1.29, 1.82) is 0 Å². The summed E-state index contributed by atoms with van der Waals surface area (Å²) >= 11 is 0. The molecule has 0 atom stereocenters. The molecule has 1 aliphatic carbocycles. The molecular weight excluding hydrogens is 310 g/mol. The summed E-state index contributed by atoms with van der Waals surface area (Å²) in [5.74, 6) is 0. The molecule has 1 aliphatic rings. The van der Waals surface area contributed by atoms with Crippen LogP contribution in [0.2, 0.25) is 0 Å². The molecule has 1 N–H and O–H groups in total. The Morgan fingerprint density at radius 2 is 2.04 bits per heavy atom. The van der Waals surface area contributed by atoms with Gasteiger partial charge >= 0.3 is 0 Å². The number of hydrogen-bond donors (Lipinski definition) is 1. The minimum absolute atomic E-state index is 0.232. The van der Waals surface area contributed by atoms with E-state index in [0.29, 0.717) is 5.69 Å². The van der Waals surface area contributed by atoms with E-state index in [2.05, 4.69) is 9.71 Å². The quantitative estimate of drug-likeness (QED) is 0.800. The highest BCUT2D eigenvalue weighted by molar-refractivity contribution is 7.93. The lowest BCUT2D eigenvalue weighted by molar-refractivity contribution is 0.600. The van der Waals surface area contributed by atoms with Crippen molar-refractivity contribution in [3.8, 4) is 11.3 Å². The van der Waals surface area contributed by atoms with Gasteiger partial charge in [0.15, 0.2) is 0 Å². The van der Waals surface area contributed by atoms with Gasteiger partial charge in [0.1, 0.15) is 5.65 Å². The van der Waals surface area contributed by atoms with E-state index in [4.69, 9.17) is 0 Å². The maximum atomic E-state index is 12.1. The van der Waals surface area contributed by atoms with E-state index in [1.165, 1.54) is 0 Å². The van der Waals surface area contributed by atoms with Gasteiger partial charge in [-0.15, -0.1) is 0 Å². The summed E-state index contributed by atoms with van der Waals surface area (Å²) in [5, 5.41) is -0.232. The standard InChI is InChI=1S/C17H17N3O2S/c1-12-7-8-20-11-16(18-17(20)9-12)13-3-2-4-14(10-13)19-23(21,22)15-5-6-15/h2-4,7-11,15,19H,5-6H2,1H3. The van der Waals surface area contributed by atoms with Crippen LogP contribution in [0.25, 0.3) is 16.9 Å². The lowest BCUT2D eigenvalue weighted by atomic mass is 10.1. The summed E-state index contributed by atoms with van der Waals surface area (Å²) in [6.45, 7) is 2.03. The second-order valence-electron chi connectivity index (χ2n) is 6.02. The SMILES string of the molecule is Cc1ccn2cc(-c3cccc(NS(=O)(=O)C4CC4)c3)nc2c1. The topological polar surface area (TPSA) is 63.5 Å². The molecule has 1 saturated carbocycles. The fraction of sp³-hybridized carbons (Fsp3) is 0.235. The lowest BCUT2D eigenvalue weighted by Crippen LogP contribution is -2.17. The second-order valence-corrected chi connectivity index (χ2v) is 7.98. The van der Waals surface area contributed by atoms with Gasteiger partial charge in [0.05, 0.1) is 10.9 Å². The summed E-state index contributed by atoms with van der Waals surface area (Å²) < 4.78 is 28.7. The van der Waals surface area contributed by atoms with Gasteiger partial charge < -0.3 is 4.40 Å². The molecule has 0 unspecified atom stereocenters. The van der Waals surface area contributed by atoms with Crippen LogP contribution in [0.15, 0.2) is 48.8 Å². The molecule has 6 heteroatoms. The highest BCUT2D eigenvalue weighted by Crippen LogP contribution is 2.30. The number of hydrogen-bond acceptors (Lipinski definition) is 3. The third kappa shape index (κ3) is 2.82. The van der Waals surface area contributed by atoms with Gasteiger partial charge in [-0.2, -0.15) is 0 Å². The summed E-state index contributed by atoms with van der Waals surface area (Å²) in [5.41, 5.74) is 4.33. The van der Waals surface area contributed by atoms with Crippen LogP contribution in [0.1, 0.15) is 18.4 Å². The number of aromatic nitrogens is 2. The van der Waals surface area contributed by atoms with Crippen LogP contribution in [-0.4, -0.2) is 23.1 Å². The Balaban J connectivity index is 1.69. The number of nitrogens with one attached hydrogen (secondary N) is 1. The Hall–Kier alpha value is -2.34. The zero-order valence-electron chi connectivity index (χ0n) is 12.7. The minimum atomic E-state index is -3.24. The van der Waals surface area contributed by atoms with Gasteiger partial charge in [0.25, 0.3) is 0 Å². The number of fused-ring (bicyclic) bond motifs is 1. The zero-order valence-corrected chi connectivity index (χ0v) is 13.5. The van der Waals surface area contributed by atoms with Gasteiger partial charge in [-0.3, -0.25) is 4.72 Å². The van der Waals surface area contributed by atoms with Crippen LogP contribution in [0.3, 0.4) is 0 Å². The van der Waals surface area contributed by atoms with Crippen LogP contribution in [0.5, 0.6) is 0 Å². The highest BCUT2D eigenvalue weighted by atomic mass is 32.2. The molecule has 4 rings (SSSR count). The van der Waals surface area contributed by atoms with Gasteiger partial charge in [0, 0.05) is 23.6 Å². The van der Waals surface area contributed by atoms with Crippen molar-refractivity contribution in [3.05, 3.63) is 54.4 Å². The Labute approximate surface area is 135 Å². The number of imidazole rings is 1. The molecule has 2 aromatic heterocycles. The number of sulfonamides is 1. The fourth-order valence-electron chi connectivity index (χ4n) is 2.59. The van der Waals surface area contributed by atoms with Crippen molar-refractivity contribution in [1.82, 2.24) is 9.38 Å². The molecule has 3 aromatic rings. The van der Waals surface area contributed by atoms with Crippen LogP contribution in [0.4, 0.5) is 5.69 Å². The van der Waals surface area contributed by atoms with E-state index in [9.17, 15) is 8.42 Å². The Bertz CT molecular complexity index is 988. The first-order chi connectivity index (χ1) is 11.0. The maximum Gasteiger partial charge on any atom is 0.235 e. The molecule has 118 valence electrons. The van der Waals surface area contributed by atoms with Crippen LogP contribution in [-0.2, 0) is 10.0 Å². The van der Waals surface area contributed by atoms with Crippen molar-refractivity contribution in [2.75, 3.05) is 4.72 Å². The largest absolute Gasteiger partial charge is 0.306 e. The molecule has 2 heterocycles. The van der Waals surface area contributed by atoms with Crippen molar-refractivity contribution < 1.29 is 8.42 Å². The third-order valence-corrected chi connectivity index (χ3v) is 5.87. The average molecular weight is 327 g/mol. The summed E-state index contributed by atoms with van der Waals surface area (Å²) in [4.78, 5) is 4.61. The second kappa shape index (κ2) is 5.09. The molecule has 0 aliphatic heterocycles. The molecule has 23 heavy (non-hydrogen) atoms. The molecular formula is C17H17N3O2S. The average Bonchev–Trinajstić information content (AvgIpc) is 3.28. The molecule has 0 saturated heterocycles. The Morgan fingerprint density at radius 3 is 2.83 bits per heavy atom. The highest BCUT2D eigenvalue weighted by Gasteiger charge is 2.35. The lowest BCUT2D eigenvalue weighted by Gasteiger charge is -2.07. The number of benzene rings is 1. The molecule has 5 nitrogen and oxygen atoms in total. The number of aryl methyl sites for hydroxylation is 1. The van der Waals surface area contributed by atoms with Crippen LogP contribution < -0.4 is 4.72 Å². The third-order valence-electron chi connectivity index (χ3n) is 4.00. The molecule has 0 bridgehead atoms. The molecule has 1 aromatic carbocycles. The van der Waals surface area contributed by atoms with E-state index in [1.54, 1.807) is 6.07 Å². The predicted octanol–water partition coefficient (Wildman–Crippen LogP) is 3.21. The summed E-state index contributed by atoms with van der Waals surface area (Å²) in [6, 6.07) is 11.4. The summed E-state index contributed by atoms with van der Waals surface area (Å²) in [7, 11) is -3.24. The maximum absolute atomic E-state index is 12.1. The van der Waals surface area contributed by atoms with Crippen molar-refractivity contribution in [3.63, 3.8) is 0 Å². The number of anilines is 1. The van der Waals surface area contributed by atoms with E-state index >= 15 is 0 Å². The van der Waals surface area contributed by atoms with E-state index in [0.717, 1.165) is 35.3 Å². The van der Waals surface area contributed by atoms with E-state index < -0.39 is 10.0 Å². The smallest absolute Gasteiger partial charge is 0.235 e. The Morgan fingerprint density at radius 1 is 1.22 bits per heavy atom. The van der Waals surface area contributed by atoms with Gasteiger partial charge in [0.2, 0.25) is 10.0 Å². The van der Waals surface area contributed by atoms with Gasteiger partial charge in [-0.05, 0) is 49.6 Å². The van der Waals surface area contributed by atoms with Crippen molar-refractivity contribution >= 4 is 21.4 Å². The first-order valence-electron chi connectivity index (χ1n) is 7.59. The van der Waals surface area contributed by atoms with Crippen LogP contribution >= 0.6 is 0 Å². The van der Waals surface area contributed by atoms with Crippen molar-refractivity contribution in [2.24, 2.45) is 0 Å². The normalized spacial score (nSPS) is 15.0. The number of rotatable bonds is 4. The number of nitrogens with zero attached hydrogens (tertiary/aromatic N) is 2. The monoisotopic (exact) mass is 327 g/mol. The zero-order chi connectivity index (χ0) is 16.0. The molecule has 1 fully saturated rings. The van der Waals surface area contributed by atoms with Crippen molar-refractivity contribution in [2.45, 2.75) is 25.0 Å². The van der Waals surface area contributed by atoms with Gasteiger partial charge in [-0.25, -0.2) is 13.4 Å². The fourth-order valence-corrected chi connectivity index (χ4v) is 3.97. The summed E-state index contributed by atoms with van der Waals surface area (Å²) in [6.07, 6.45) is 5.42. The van der Waals surface area contributed by atoms with E-state index in [1.807, 2.05) is 54.0 Å². The number of pyridine rings is 1. The molecule has 0 amide bonds.